The molecule has 20 heavy (non-hydrogen) atoms. The van der Waals surface area contributed by atoms with Crippen molar-refractivity contribution in [2.45, 2.75) is 6.42 Å². The largest absolute Gasteiger partial charge is 0.497 e. The van der Waals surface area contributed by atoms with E-state index in [0.29, 0.717) is 17.8 Å². The number of nitrogens with zero attached hydrogens (tertiary/aromatic N) is 1. The summed E-state index contributed by atoms with van der Waals surface area (Å²) >= 11 is 1.18. The third-order valence-electron chi connectivity index (χ3n) is 2.83. The molecule has 1 amide bonds. The van der Waals surface area contributed by atoms with Gasteiger partial charge in [0.05, 0.1) is 14.2 Å². The average Bonchev–Trinajstić information content (AvgIpc) is 3.01. The van der Waals surface area contributed by atoms with E-state index in [1.54, 1.807) is 26.5 Å². The number of carbonyl (C=O) groups is 1. The van der Waals surface area contributed by atoms with Crippen LogP contribution in [0.1, 0.15) is 15.2 Å². The van der Waals surface area contributed by atoms with Gasteiger partial charge < -0.3 is 14.8 Å². The number of ether oxygens (including phenoxy) is 2. The molecule has 0 saturated carbocycles. The molecular weight excluding hydrogens is 276 g/mol. The Morgan fingerprint density at radius 2 is 2.15 bits per heavy atom. The highest BCUT2D eigenvalue weighted by Gasteiger charge is 2.08. The molecule has 2 aromatic rings. The molecule has 0 saturated heterocycles. The van der Waals surface area contributed by atoms with Crippen molar-refractivity contribution in [3.8, 4) is 11.5 Å². The van der Waals surface area contributed by atoms with E-state index in [1.165, 1.54) is 11.5 Å². The summed E-state index contributed by atoms with van der Waals surface area (Å²) in [5.74, 6) is 1.46. The molecule has 0 bridgehead atoms. The number of benzene rings is 1. The number of amides is 1. The minimum absolute atomic E-state index is 0.102. The lowest BCUT2D eigenvalue weighted by Gasteiger charge is -2.10. The fourth-order valence-electron chi connectivity index (χ4n) is 1.81. The van der Waals surface area contributed by atoms with Crippen LogP contribution in [0, 0.1) is 0 Å². The topological polar surface area (TPSA) is 60.5 Å². The van der Waals surface area contributed by atoms with Gasteiger partial charge in [-0.15, -0.1) is 0 Å². The van der Waals surface area contributed by atoms with Crippen LogP contribution in [0.4, 0.5) is 0 Å². The summed E-state index contributed by atoms with van der Waals surface area (Å²) in [5, 5.41) is 2.86. The van der Waals surface area contributed by atoms with E-state index in [1.807, 2.05) is 18.2 Å². The van der Waals surface area contributed by atoms with Crippen molar-refractivity contribution in [1.29, 1.82) is 0 Å². The van der Waals surface area contributed by atoms with Gasteiger partial charge in [-0.1, -0.05) is 0 Å². The summed E-state index contributed by atoms with van der Waals surface area (Å²) in [7, 11) is 3.25. The van der Waals surface area contributed by atoms with Crippen LogP contribution in [0.15, 0.2) is 30.5 Å². The molecular formula is C14H16N2O3S. The predicted molar refractivity (Wildman–Crippen MR) is 77.7 cm³/mol. The van der Waals surface area contributed by atoms with Gasteiger partial charge in [-0.05, 0) is 47.8 Å². The van der Waals surface area contributed by atoms with Crippen LogP contribution in [-0.2, 0) is 6.42 Å². The van der Waals surface area contributed by atoms with Crippen molar-refractivity contribution < 1.29 is 14.3 Å². The molecule has 0 radical (unpaired) electrons. The van der Waals surface area contributed by atoms with Crippen molar-refractivity contribution in [2.75, 3.05) is 20.8 Å². The molecule has 0 atom stereocenters. The van der Waals surface area contributed by atoms with Gasteiger partial charge in [-0.2, -0.15) is 0 Å². The second-order valence-electron chi connectivity index (χ2n) is 4.06. The predicted octanol–water partition coefficient (Wildman–Crippen LogP) is 2.13. The zero-order chi connectivity index (χ0) is 14.4. The normalized spacial score (nSPS) is 10.1. The fraction of sp³-hybridized carbons (Fsp3) is 0.286. The molecule has 1 aromatic carbocycles. The smallest absolute Gasteiger partial charge is 0.262 e. The molecule has 0 fully saturated rings. The van der Waals surface area contributed by atoms with Gasteiger partial charge in [0.25, 0.3) is 5.91 Å². The number of hydrogen-bond acceptors (Lipinski definition) is 5. The third-order valence-corrected chi connectivity index (χ3v) is 3.57. The number of methoxy groups -OCH3 is 2. The van der Waals surface area contributed by atoms with Gasteiger partial charge in [0, 0.05) is 12.7 Å². The monoisotopic (exact) mass is 292 g/mol. The quantitative estimate of drug-likeness (QED) is 0.886. The maximum Gasteiger partial charge on any atom is 0.262 e. The first-order chi connectivity index (χ1) is 9.74. The van der Waals surface area contributed by atoms with Gasteiger partial charge in [0.1, 0.15) is 16.4 Å². The maximum atomic E-state index is 11.8. The number of hydrogen-bond donors (Lipinski definition) is 1. The molecule has 106 valence electrons. The van der Waals surface area contributed by atoms with E-state index in [-0.39, 0.29) is 5.91 Å². The minimum Gasteiger partial charge on any atom is -0.497 e. The van der Waals surface area contributed by atoms with Gasteiger partial charge in [-0.25, -0.2) is 4.37 Å². The first-order valence-corrected chi connectivity index (χ1v) is 6.91. The van der Waals surface area contributed by atoms with Crippen LogP contribution in [0.5, 0.6) is 11.5 Å². The molecule has 0 aliphatic rings. The number of aromatic nitrogens is 1. The summed E-state index contributed by atoms with van der Waals surface area (Å²) in [5.41, 5.74) is 0.997. The molecule has 0 spiro atoms. The van der Waals surface area contributed by atoms with E-state index in [0.717, 1.165) is 17.1 Å². The van der Waals surface area contributed by atoms with Crippen LogP contribution in [0.3, 0.4) is 0 Å². The molecule has 2 rings (SSSR count). The summed E-state index contributed by atoms with van der Waals surface area (Å²) in [6.45, 7) is 0.528. The molecule has 0 aliphatic carbocycles. The second kappa shape index (κ2) is 6.91. The van der Waals surface area contributed by atoms with E-state index in [4.69, 9.17) is 9.47 Å². The lowest BCUT2D eigenvalue weighted by Crippen LogP contribution is -2.24. The molecule has 5 nitrogen and oxygen atoms in total. The lowest BCUT2D eigenvalue weighted by atomic mass is 10.1. The average molecular weight is 292 g/mol. The van der Waals surface area contributed by atoms with Crippen LogP contribution in [0.2, 0.25) is 0 Å². The van der Waals surface area contributed by atoms with Crippen LogP contribution < -0.4 is 14.8 Å². The third kappa shape index (κ3) is 3.48. The molecule has 0 aliphatic heterocycles. The fourth-order valence-corrected chi connectivity index (χ4v) is 2.32. The summed E-state index contributed by atoms with van der Waals surface area (Å²) in [6.07, 6.45) is 2.29. The Balaban J connectivity index is 1.95. The summed E-state index contributed by atoms with van der Waals surface area (Å²) in [6, 6.07) is 7.32. The van der Waals surface area contributed by atoms with Crippen molar-refractivity contribution in [2.24, 2.45) is 0 Å². The second-order valence-corrected chi connectivity index (χ2v) is 4.89. The first-order valence-electron chi connectivity index (χ1n) is 6.14. The molecule has 1 aromatic heterocycles. The van der Waals surface area contributed by atoms with E-state index in [2.05, 4.69) is 9.69 Å². The summed E-state index contributed by atoms with van der Waals surface area (Å²) < 4.78 is 14.4. The Bertz CT molecular complexity index is 570. The van der Waals surface area contributed by atoms with Crippen molar-refractivity contribution in [1.82, 2.24) is 9.69 Å². The van der Waals surface area contributed by atoms with Crippen LogP contribution in [-0.4, -0.2) is 31.0 Å². The number of rotatable bonds is 6. The molecule has 6 heteroatoms. The van der Waals surface area contributed by atoms with Crippen molar-refractivity contribution in [3.05, 3.63) is 40.9 Å². The highest BCUT2D eigenvalue weighted by atomic mass is 32.1. The SMILES string of the molecule is COc1ccc(OC)c(CCNC(=O)c2ccns2)c1. The lowest BCUT2D eigenvalue weighted by molar-refractivity contribution is 0.0958. The summed E-state index contributed by atoms with van der Waals surface area (Å²) in [4.78, 5) is 12.4. The molecule has 1 N–H and O–H groups in total. The number of carbonyl (C=O) groups excluding carboxylic acids is 1. The first kappa shape index (κ1) is 14.3. The Morgan fingerprint density at radius 3 is 2.80 bits per heavy atom. The highest BCUT2D eigenvalue weighted by Crippen LogP contribution is 2.24. The van der Waals surface area contributed by atoms with E-state index >= 15 is 0 Å². The van der Waals surface area contributed by atoms with Gasteiger partial charge in [0.2, 0.25) is 0 Å². The number of nitrogens with one attached hydrogen (secondary N) is 1. The Labute approximate surface area is 121 Å². The minimum atomic E-state index is -0.102. The highest BCUT2D eigenvalue weighted by molar-refractivity contribution is 7.08. The van der Waals surface area contributed by atoms with Gasteiger partial charge >= 0.3 is 0 Å². The van der Waals surface area contributed by atoms with Crippen molar-refractivity contribution in [3.63, 3.8) is 0 Å². The molecule has 1 heterocycles. The Hall–Kier alpha value is -2.08. The zero-order valence-corrected chi connectivity index (χ0v) is 12.2. The van der Waals surface area contributed by atoms with Gasteiger partial charge in [0.15, 0.2) is 0 Å². The molecule has 0 unspecified atom stereocenters. The Kier molecular flexibility index (Phi) is 4.95. The van der Waals surface area contributed by atoms with Gasteiger partial charge in [-0.3, -0.25) is 4.79 Å². The van der Waals surface area contributed by atoms with Crippen LogP contribution in [0.25, 0.3) is 0 Å². The Morgan fingerprint density at radius 1 is 1.30 bits per heavy atom. The van der Waals surface area contributed by atoms with E-state index in [9.17, 15) is 4.79 Å². The van der Waals surface area contributed by atoms with E-state index < -0.39 is 0 Å². The zero-order valence-electron chi connectivity index (χ0n) is 11.4. The maximum absolute atomic E-state index is 11.8. The van der Waals surface area contributed by atoms with Crippen molar-refractivity contribution >= 4 is 17.4 Å². The standard InChI is InChI=1S/C14H16N2O3S/c1-18-11-3-4-12(19-2)10(9-11)5-7-15-14(17)13-6-8-16-20-13/h3-4,6,8-9H,5,7H2,1-2H3,(H,15,17). The van der Waals surface area contributed by atoms with Crippen LogP contribution >= 0.6 is 11.5 Å².